The first-order valence-electron chi connectivity index (χ1n) is 6.74. The number of carbonyl (C=O) groups excluding carboxylic acids is 2. The Hall–Kier alpha value is -1.47. The Balaban J connectivity index is 1.81. The number of nitrogens with two attached hydrogens (primary N) is 1. The summed E-state index contributed by atoms with van der Waals surface area (Å²) in [6.07, 6.45) is 1.03. The highest BCUT2D eigenvalue weighted by molar-refractivity contribution is 9.10. The van der Waals surface area contributed by atoms with E-state index in [-0.39, 0.29) is 30.5 Å². The molecule has 1 aromatic carbocycles. The first-order chi connectivity index (χ1) is 9.97. The van der Waals surface area contributed by atoms with Crippen LogP contribution < -0.4 is 11.1 Å². The topological polar surface area (TPSA) is 75.4 Å². The highest BCUT2D eigenvalue weighted by Crippen LogP contribution is 2.17. The lowest BCUT2D eigenvalue weighted by Crippen LogP contribution is -2.35. The monoisotopic (exact) mass is 357 g/mol. The molecule has 5 nitrogen and oxygen atoms in total. The second-order valence-corrected chi connectivity index (χ2v) is 5.87. The molecule has 0 bridgehead atoms. The molecule has 1 heterocycles. The summed E-state index contributed by atoms with van der Waals surface area (Å²) in [5.41, 5.74) is 5.96. The van der Waals surface area contributed by atoms with Crippen LogP contribution in [0.1, 0.15) is 23.2 Å². The third kappa shape index (κ3) is 4.25. The van der Waals surface area contributed by atoms with E-state index in [1.807, 2.05) is 0 Å². The van der Waals surface area contributed by atoms with Gasteiger partial charge in [0.2, 0.25) is 5.91 Å². The van der Waals surface area contributed by atoms with E-state index in [0.717, 1.165) is 12.5 Å². The Morgan fingerprint density at radius 2 is 2.24 bits per heavy atom. The first-order valence-corrected chi connectivity index (χ1v) is 7.53. The fourth-order valence-corrected chi connectivity index (χ4v) is 2.65. The summed E-state index contributed by atoms with van der Waals surface area (Å²) in [4.78, 5) is 25.5. The molecule has 0 aliphatic carbocycles. The molecule has 3 N–H and O–H groups in total. The van der Waals surface area contributed by atoms with Crippen molar-refractivity contribution < 1.29 is 14.0 Å². The van der Waals surface area contributed by atoms with Crippen LogP contribution in [-0.2, 0) is 4.79 Å². The predicted octanol–water partition coefficient (Wildman–Crippen LogP) is 1.27. The molecule has 0 saturated carbocycles. The third-order valence-electron chi connectivity index (χ3n) is 3.37. The van der Waals surface area contributed by atoms with E-state index < -0.39 is 11.7 Å². The maximum absolute atomic E-state index is 13.1. The Labute approximate surface area is 130 Å². The van der Waals surface area contributed by atoms with E-state index in [0.29, 0.717) is 17.6 Å². The number of nitrogens with zero attached hydrogens (tertiary/aromatic N) is 1. The number of hydrogen-bond donors (Lipinski definition) is 2. The van der Waals surface area contributed by atoms with E-state index in [2.05, 4.69) is 21.2 Å². The summed E-state index contributed by atoms with van der Waals surface area (Å²) in [5.74, 6) is -0.917. The molecule has 0 unspecified atom stereocenters. The van der Waals surface area contributed by atoms with Crippen LogP contribution in [0.25, 0.3) is 0 Å². The van der Waals surface area contributed by atoms with Gasteiger partial charge in [-0.3, -0.25) is 9.59 Å². The molecular formula is C14H17BrFN3O2. The van der Waals surface area contributed by atoms with Gasteiger partial charge in [-0.25, -0.2) is 4.39 Å². The largest absolute Gasteiger partial charge is 0.351 e. The van der Waals surface area contributed by atoms with Crippen LogP contribution >= 0.6 is 15.9 Å². The van der Waals surface area contributed by atoms with Crippen LogP contribution in [0, 0.1) is 5.82 Å². The molecule has 114 valence electrons. The second-order valence-electron chi connectivity index (χ2n) is 5.02. The van der Waals surface area contributed by atoms with E-state index in [4.69, 9.17) is 5.73 Å². The van der Waals surface area contributed by atoms with Crippen LogP contribution in [-0.4, -0.2) is 42.4 Å². The molecule has 1 aliphatic heterocycles. The maximum atomic E-state index is 13.1. The summed E-state index contributed by atoms with van der Waals surface area (Å²) in [7, 11) is 0. The summed E-state index contributed by atoms with van der Waals surface area (Å²) in [6, 6.07) is 3.94. The van der Waals surface area contributed by atoms with Gasteiger partial charge >= 0.3 is 0 Å². The molecule has 7 heteroatoms. The van der Waals surface area contributed by atoms with Crippen molar-refractivity contribution in [2.24, 2.45) is 5.73 Å². The minimum atomic E-state index is -0.481. The standard InChI is InChI=1S/C14H17BrFN3O2/c15-12-2-1-9(16)7-11(12)14(21)18-5-3-13(20)19-6-4-10(17)8-19/h1-2,7,10H,3-6,8,17H2,(H,18,21)/t10-/m1/s1. The van der Waals surface area contributed by atoms with Gasteiger partial charge in [0.05, 0.1) is 5.56 Å². The van der Waals surface area contributed by atoms with Gasteiger partial charge in [-0.2, -0.15) is 0 Å². The molecule has 21 heavy (non-hydrogen) atoms. The Kier molecular flexibility index (Phi) is 5.30. The second kappa shape index (κ2) is 7.00. The normalized spacial score (nSPS) is 17.9. The molecule has 0 radical (unpaired) electrons. The average molecular weight is 358 g/mol. The lowest BCUT2D eigenvalue weighted by Gasteiger charge is -2.15. The fraction of sp³-hybridized carbons (Fsp3) is 0.429. The number of halogens is 2. The molecule has 1 fully saturated rings. The number of rotatable bonds is 4. The van der Waals surface area contributed by atoms with Gasteiger partial charge in [-0.05, 0) is 40.5 Å². The van der Waals surface area contributed by atoms with Gasteiger partial charge in [0.1, 0.15) is 5.82 Å². The number of hydrogen-bond acceptors (Lipinski definition) is 3. The molecule has 1 saturated heterocycles. The zero-order chi connectivity index (χ0) is 15.4. The van der Waals surface area contributed by atoms with Crippen molar-refractivity contribution in [3.8, 4) is 0 Å². The van der Waals surface area contributed by atoms with Crippen LogP contribution in [0.2, 0.25) is 0 Å². The van der Waals surface area contributed by atoms with Crippen molar-refractivity contribution >= 4 is 27.7 Å². The Morgan fingerprint density at radius 3 is 2.90 bits per heavy atom. The van der Waals surface area contributed by atoms with Crippen molar-refractivity contribution in [2.45, 2.75) is 18.9 Å². The van der Waals surface area contributed by atoms with Crippen molar-refractivity contribution in [1.82, 2.24) is 10.2 Å². The van der Waals surface area contributed by atoms with Crippen molar-refractivity contribution in [1.29, 1.82) is 0 Å². The van der Waals surface area contributed by atoms with E-state index >= 15 is 0 Å². The van der Waals surface area contributed by atoms with Crippen molar-refractivity contribution in [3.05, 3.63) is 34.1 Å². The smallest absolute Gasteiger partial charge is 0.252 e. The predicted molar refractivity (Wildman–Crippen MR) is 80.2 cm³/mol. The van der Waals surface area contributed by atoms with Crippen LogP contribution in [0.4, 0.5) is 4.39 Å². The summed E-state index contributed by atoms with van der Waals surface area (Å²) in [5, 5.41) is 2.62. The maximum Gasteiger partial charge on any atom is 0.252 e. The molecular weight excluding hydrogens is 341 g/mol. The summed E-state index contributed by atoms with van der Waals surface area (Å²) >= 11 is 3.20. The quantitative estimate of drug-likeness (QED) is 0.851. The van der Waals surface area contributed by atoms with Crippen LogP contribution in [0.3, 0.4) is 0 Å². The fourth-order valence-electron chi connectivity index (χ4n) is 2.22. The molecule has 0 aromatic heterocycles. The van der Waals surface area contributed by atoms with Crippen molar-refractivity contribution in [2.75, 3.05) is 19.6 Å². The highest BCUT2D eigenvalue weighted by atomic mass is 79.9. The lowest BCUT2D eigenvalue weighted by molar-refractivity contribution is -0.130. The van der Waals surface area contributed by atoms with Gasteiger partial charge < -0.3 is 16.0 Å². The Morgan fingerprint density at radius 1 is 1.48 bits per heavy atom. The van der Waals surface area contributed by atoms with Gasteiger partial charge in [0, 0.05) is 36.6 Å². The van der Waals surface area contributed by atoms with E-state index in [9.17, 15) is 14.0 Å². The molecule has 1 aromatic rings. The summed E-state index contributed by atoms with van der Waals surface area (Å²) in [6.45, 7) is 1.46. The number of nitrogens with one attached hydrogen (secondary N) is 1. The molecule has 1 aliphatic rings. The molecule has 1 atom stereocenters. The van der Waals surface area contributed by atoms with E-state index in [1.54, 1.807) is 4.90 Å². The number of likely N-dealkylation sites (tertiary alicyclic amines) is 1. The SMILES string of the molecule is N[C@@H]1CCN(C(=O)CCNC(=O)c2cc(F)ccc2Br)C1. The first kappa shape index (κ1) is 15.9. The minimum absolute atomic E-state index is 0.0263. The molecule has 2 rings (SSSR count). The minimum Gasteiger partial charge on any atom is -0.351 e. The van der Waals surface area contributed by atoms with Crippen LogP contribution in [0.5, 0.6) is 0 Å². The average Bonchev–Trinajstić information content (AvgIpc) is 2.88. The van der Waals surface area contributed by atoms with Crippen molar-refractivity contribution in [3.63, 3.8) is 0 Å². The zero-order valence-electron chi connectivity index (χ0n) is 11.4. The van der Waals surface area contributed by atoms with Gasteiger partial charge in [0.25, 0.3) is 5.91 Å². The third-order valence-corrected chi connectivity index (χ3v) is 4.07. The van der Waals surface area contributed by atoms with Crippen LogP contribution in [0.15, 0.2) is 22.7 Å². The highest BCUT2D eigenvalue weighted by Gasteiger charge is 2.23. The summed E-state index contributed by atoms with van der Waals surface area (Å²) < 4.78 is 13.6. The number of benzene rings is 1. The molecule has 2 amide bonds. The number of amides is 2. The van der Waals surface area contributed by atoms with E-state index in [1.165, 1.54) is 12.1 Å². The lowest BCUT2D eigenvalue weighted by atomic mass is 10.2. The van der Waals surface area contributed by atoms with Gasteiger partial charge in [-0.1, -0.05) is 0 Å². The Bertz CT molecular complexity index is 553. The van der Waals surface area contributed by atoms with Gasteiger partial charge in [0.15, 0.2) is 0 Å². The van der Waals surface area contributed by atoms with Gasteiger partial charge in [-0.15, -0.1) is 0 Å². The zero-order valence-corrected chi connectivity index (χ0v) is 13.0. The number of carbonyl (C=O) groups is 2. The molecule has 0 spiro atoms.